The second-order valence-electron chi connectivity index (χ2n) is 34.1. The third-order valence-electron chi connectivity index (χ3n) is 24.8. The lowest BCUT2D eigenvalue weighted by atomic mass is 9.67. The average molecular weight is 1640 g/mol. The van der Waals surface area contributed by atoms with Crippen molar-refractivity contribution in [3.63, 3.8) is 0 Å². The number of fused-ring (bicyclic) bond motifs is 17. The van der Waals surface area contributed by atoms with E-state index in [4.69, 9.17) is 28.9 Å². The van der Waals surface area contributed by atoms with Crippen LogP contribution in [0.4, 0.5) is 11.4 Å². The topological polar surface area (TPSA) is 187 Å². The van der Waals surface area contributed by atoms with E-state index in [1.165, 1.54) is 55.4 Å². The number of aryl methyl sites for hydroxylation is 2. The van der Waals surface area contributed by atoms with Crippen molar-refractivity contribution in [2.75, 3.05) is 24.9 Å². The highest BCUT2D eigenvalue weighted by atomic mass is 16.6. The summed E-state index contributed by atoms with van der Waals surface area (Å²) in [6, 6.07) is 54.4. The van der Waals surface area contributed by atoms with Crippen LogP contribution in [0, 0.1) is 31.1 Å². The number of allylic oxidation sites excluding steroid dienone is 19. The fourth-order valence-corrected chi connectivity index (χ4v) is 18.8. The number of rotatable bonds is 22. The first-order valence-corrected chi connectivity index (χ1v) is 42.7. The lowest BCUT2D eigenvalue weighted by molar-refractivity contribution is -0.155. The van der Waals surface area contributed by atoms with E-state index in [2.05, 4.69) is 265 Å². The lowest BCUT2D eigenvalue weighted by Gasteiger charge is -2.42. The Morgan fingerprint density at radius 3 is 1.25 bits per heavy atom. The van der Waals surface area contributed by atoms with Crippen molar-refractivity contribution in [2.24, 2.45) is 17.3 Å². The highest BCUT2D eigenvalue weighted by Gasteiger charge is 2.60. The minimum atomic E-state index is -0.535. The number of methoxy groups -OCH3 is 2. The number of carbonyl (C=O) groups is 4. The van der Waals surface area contributed by atoms with E-state index in [-0.39, 0.29) is 46.9 Å². The van der Waals surface area contributed by atoms with Crippen LogP contribution in [0.25, 0.3) is 108 Å². The average Bonchev–Trinajstić information content (AvgIpc) is 1.51. The molecule has 10 aromatic rings. The molecule has 6 atom stereocenters. The minimum absolute atomic E-state index is 0.0848. The molecule has 0 radical (unpaired) electrons. The molecule has 4 aliphatic carbocycles. The normalized spacial score (nSPS) is 18.7. The van der Waals surface area contributed by atoms with Gasteiger partial charge in [0.1, 0.15) is 23.7 Å². The molecule has 124 heavy (non-hydrogen) atoms. The number of hydrogen-bond acceptors (Lipinski definition) is 10. The van der Waals surface area contributed by atoms with E-state index in [0.717, 1.165) is 140 Å². The second-order valence-corrected chi connectivity index (χ2v) is 34.1. The summed E-state index contributed by atoms with van der Waals surface area (Å²) in [5.41, 5.74) is 28.7. The molecule has 14 nitrogen and oxygen atoms in total. The van der Waals surface area contributed by atoms with Gasteiger partial charge < -0.3 is 39.5 Å². The summed E-state index contributed by atoms with van der Waals surface area (Å²) in [5.74, 6) is -0.580. The van der Waals surface area contributed by atoms with Crippen LogP contribution >= 0.6 is 0 Å². The predicted octanol–water partition coefficient (Wildman–Crippen LogP) is 26.4. The second kappa shape index (κ2) is 36.0. The maximum Gasteiger partial charge on any atom is 0.303 e. The molecular formula is C110H104N6O8. The number of carbonyl (C=O) groups excluding carboxylic acids is 4. The van der Waals surface area contributed by atoms with Gasteiger partial charge in [0.2, 0.25) is 0 Å². The van der Waals surface area contributed by atoms with E-state index in [1.54, 1.807) is 20.3 Å². The molecule has 2 aliphatic heterocycles. The van der Waals surface area contributed by atoms with Gasteiger partial charge in [0.05, 0.1) is 37.0 Å². The van der Waals surface area contributed by atoms with Gasteiger partial charge in [0.15, 0.2) is 0 Å². The number of hydrogen-bond donors (Lipinski definition) is 4. The number of esters is 2. The summed E-state index contributed by atoms with van der Waals surface area (Å²) < 4.78 is 24.5. The molecule has 2 amide bonds. The Labute approximate surface area is 726 Å². The van der Waals surface area contributed by atoms with E-state index in [0.29, 0.717) is 39.4 Å². The number of nitrogens with zero attached hydrogens (tertiary/aromatic N) is 2. The monoisotopic (exact) mass is 1640 g/mol. The van der Waals surface area contributed by atoms with Gasteiger partial charge in [-0.3, -0.25) is 19.2 Å². The zero-order valence-electron chi connectivity index (χ0n) is 72.6. The Morgan fingerprint density at radius 2 is 0.831 bits per heavy atom. The zero-order valence-corrected chi connectivity index (χ0v) is 72.6. The van der Waals surface area contributed by atoms with Crippen LogP contribution in [0.5, 0.6) is 11.5 Å². The molecule has 0 spiro atoms. The molecule has 5 heterocycles. The van der Waals surface area contributed by atoms with Crippen molar-refractivity contribution in [3.05, 3.63) is 350 Å². The first-order valence-electron chi connectivity index (χ1n) is 42.7. The molecule has 0 unspecified atom stereocenters. The Morgan fingerprint density at radius 1 is 0.444 bits per heavy atom. The molecule has 4 N–H and O–H groups in total. The Kier molecular flexibility index (Phi) is 24.3. The van der Waals surface area contributed by atoms with Crippen LogP contribution in [0.3, 0.4) is 0 Å². The number of aromatic amines is 2. The van der Waals surface area contributed by atoms with Crippen LogP contribution in [0.1, 0.15) is 171 Å². The maximum atomic E-state index is 14.7. The van der Waals surface area contributed by atoms with Gasteiger partial charge in [-0.05, 0) is 240 Å². The molecule has 1 saturated carbocycles. The molecule has 6 aliphatic rings. The fraction of sp³-hybridized carbons (Fsp3) is 0.218. The van der Waals surface area contributed by atoms with E-state index >= 15 is 0 Å². The van der Waals surface area contributed by atoms with E-state index in [9.17, 15) is 19.2 Å². The summed E-state index contributed by atoms with van der Waals surface area (Å²) in [5, 5.41) is 7.83. The van der Waals surface area contributed by atoms with Crippen LogP contribution in [-0.2, 0) is 19.1 Å². The first kappa shape index (κ1) is 83.7. The van der Waals surface area contributed by atoms with Gasteiger partial charge in [-0.1, -0.05) is 223 Å². The highest BCUT2D eigenvalue weighted by molar-refractivity contribution is 6.09. The molecule has 0 saturated heterocycles. The number of amides is 2. The molecular weight excluding hydrogens is 1530 g/mol. The molecule has 3 aromatic heterocycles. The van der Waals surface area contributed by atoms with Crippen LogP contribution in [-0.4, -0.2) is 70.1 Å². The third kappa shape index (κ3) is 17.7. The minimum Gasteiger partial charge on any atom is -0.496 e. The smallest absolute Gasteiger partial charge is 0.303 e. The predicted molar refractivity (Wildman–Crippen MR) is 508 cm³/mol. The fourth-order valence-electron chi connectivity index (χ4n) is 18.8. The number of anilines is 2. The molecule has 14 heteroatoms. The Balaban J connectivity index is 0.654. The number of ether oxygens (including phenoxy) is 4. The number of H-pyrrole nitrogens is 2. The standard InChI is InChI=1S/C110H104N6O8/c1-65(19-14-15-20-66(2)22-17-24-68(4)31-51-87-71(7)25-18-62-110(87,10)11)21-16-23-67(3)26-32-74-33-39-79(40-34-74)108(119)111-81-46-41-77(42-47-81)100-92-56-52-88(113-92)98(75-35-27-69(5)28-36-75)90-54-58-94(115-90)101(95-59-55-91(116-95)99(89-53-57-93(100)114-89)76-37-29-70(6)30-38-76)78-43-48-82(49-44-78)112-109(120)80-45-50-83-84(63-80)107(122-13)105-86-64-85(104(105)106(83)121-12)102-96(123-72(8)117)60-61-97(103(86)102)124-73(9)118/h14-17,19-24,26-61,63,85-86,96-97,102-103,113,116H,18,25,62,64H2,1-13H3,(H,111,119)(H,112,120)/b15-14+,21-16+,22-17+,32-26+,51-31+,65-19+,66-20+,67-23+,68-24+,98-88?,98-90?,99-89?,99-91?,100-92?,100-93?,101-94?,101-95?/t85-,86+,96-,97-,102+,103-/m1/s1. The van der Waals surface area contributed by atoms with Crippen molar-refractivity contribution >= 4 is 98.3 Å². The summed E-state index contributed by atoms with van der Waals surface area (Å²) >= 11 is 0. The van der Waals surface area contributed by atoms with Gasteiger partial charge in [0, 0.05) is 114 Å². The number of benzene rings is 7. The van der Waals surface area contributed by atoms with Crippen molar-refractivity contribution < 1.29 is 38.1 Å². The van der Waals surface area contributed by atoms with Crippen molar-refractivity contribution in [1.29, 1.82) is 0 Å². The summed E-state index contributed by atoms with van der Waals surface area (Å²) in [7, 11) is 3.29. The van der Waals surface area contributed by atoms with Gasteiger partial charge in [-0.2, -0.15) is 0 Å². The SMILES string of the molecule is COc1c2c(c(OC)c3ccc(C(=O)Nc4ccc(-c5c6nc(c(-c7ccc(C)cc7)c7ccc([nH]7)c(-c7ccc(NC(=O)c8ccc(/C=C/C(C)=C/C=C/C(C)=C/C=C/C=C(C)/C=C/C=C(C)/C=C/C9=C(C)CCCC9(C)C)cc8)cc7)c7nc(c(-c8ccc(C)cc8)c8ccc5[nH]8)C=C7)C=C6)cc4)cc13)[C@@H]1C[C@H]2[C@H]2[C@@H]1[C@H](OC(C)=O)C=C[C@H]2OC(C)=O. The largest absolute Gasteiger partial charge is 0.496 e. The van der Waals surface area contributed by atoms with Crippen molar-refractivity contribution in [3.8, 4) is 56.0 Å². The van der Waals surface area contributed by atoms with Gasteiger partial charge in [-0.25, -0.2) is 9.97 Å². The van der Waals surface area contributed by atoms with Crippen LogP contribution in [0.15, 0.2) is 288 Å². The number of nitrogens with one attached hydrogen (secondary N) is 4. The molecule has 7 aromatic carbocycles. The molecule has 16 rings (SSSR count). The summed E-state index contributed by atoms with van der Waals surface area (Å²) in [6.45, 7) is 22.4. The summed E-state index contributed by atoms with van der Waals surface area (Å²) in [6.07, 6.45) is 45.1. The van der Waals surface area contributed by atoms with Crippen molar-refractivity contribution in [2.45, 2.75) is 126 Å². The van der Waals surface area contributed by atoms with Crippen LogP contribution in [0.2, 0.25) is 0 Å². The number of aromatic nitrogens is 4. The summed E-state index contributed by atoms with van der Waals surface area (Å²) in [4.78, 5) is 72.6. The van der Waals surface area contributed by atoms with Crippen LogP contribution < -0.4 is 20.1 Å². The van der Waals surface area contributed by atoms with E-state index < -0.39 is 18.2 Å². The zero-order chi connectivity index (χ0) is 86.6. The van der Waals surface area contributed by atoms with Gasteiger partial charge in [0.25, 0.3) is 11.8 Å². The molecule has 1 fully saturated rings. The van der Waals surface area contributed by atoms with Gasteiger partial charge in [-0.15, -0.1) is 0 Å². The van der Waals surface area contributed by atoms with Crippen molar-refractivity contribution in [1.82, 2.24) is 19.9 Å². The first-order chi connectivity index (χ1) is 59.9. The Hall–Kier alpha value is -14.0. The Bertz CT molecular complexity index is 6490. The third-order valence-corrected chi connectivity index (χ3v) is 24.8. The highest BCUT2D eigenvalue weighted by Crippen LogP contribution is 2.68. The maximum absolute atomic E-state index is 14.7. The molecule has 10 bridgehead atoms. The van der Waals surface area contributed by atoms with E-state index in [1.807, 2.05) is 97.1 Å². The lowest BCUT2D eigenvalue weighted by Crippen LogP contribution is -2.43. The molecule has 622 valence electrons. The van der Waals surface area contributed by atoms with Gasteiger partial charge >= 0.3 is 11.9 Å². The quantitative estimate of drug-likeness (QED) is 0.0289.